The van der Waals surface area contributed by atoms with E-state index in [4.69, 9.17) is 11.6 Å². The van der Waals surface area contributed by atoms with Crippen LogP contribution in [0, 0.1) is 0 Å². The highest BCUT2D eigenvalue weighted by Gasteiger charge is 2.42. The summed E-state index contributed by atoms with van der Waals surface area (Å²) in [4.78, 5) is 16.6. The summed E-state index contributed by atoms with van der Waals surface area (Å²) in [6.45, 7) is 0.0481. The molecule has 26 heavy (non-hydrogen) atoms. The second-order valence-corrected chi connectivity index (χ2v) is 6.38. The third kappa shape index (κ3) is 4.07. The van der Waals surface area contributed by atoms with E-state index >= 15 is 0 Å². The summed E-state index contributed by atoms with van der Waals surface area (Å²) in [6, 6.07) is 9.07. The number of carbonyl (C=O) groups is 1. The number of hydrogen-bond donors (Lipinski definition) is 0. The smallest absolute Gasteiger partial charge is 0.334 e. The SMILES string of the molecule is O=C(N1CCc2ccc(Cl)c(/C=C/c3ccccn3)c2CC1)C(F)(F)F. The first-order valence-electron chi connectivity index (χ1n) is 8.12. The van der Waals surface area contributed by atoms with E-state index in [9.17, 15) is 18.0 Å². The van der Waals surface area contributed by atoms with Gasteiger partial charge >= 0.3 is 12.1 Å². The fraction of sp³-hybridized carbons (Fsp3) is 0.263. The van der Waals surface area contributed by atoms with E-state index in [1.165, 1.54) is 0 Å². The summed E-state index contributed by atoms with van der Waals surface area (Å²) >= 11 is 6.32. The predicted octanol–water partition coefficient (Wildman–Crippen LogP) is 4.39. The van der Waals surface area contributed by atoms with Gasteiger partial charge < -0.3 is 4.90 Å². The van der Waals surface area contributed by atoms with Gasteiger partial charge in [0.2, 0.25) is 0 Å². The van der Waals surface area contributed by atoms with Gasteiger partial charge in [-0.25, -0.2) is 0 Å². The van der Waals surface area contributed by atoms with Crippen molar-refractivity contribution in [3.8, 4) is 0 Å². The number of aromatic nitrogens is 1. The molecule has 0 atom stereocenters. The zero-order valence-electron chi connectivity index (χ0n) is 13.8. The van der Waals surface area contributed by atoms with E-state index in [1.807, 2.05) is 36.4 Å². The van der Waals surface area contributed by atoms with Gasteiger partial charge in [-0.3, -0.25) is 9.78 Å². The first kappa shape index (κ1) is 18.5. The fourth-order valence-electron chi connectivity index (χ4n) is 3.03. The van der Waals surface area contributed by atoms with Crippen molar-refractivity contribution in [3.05, 3.63) is 63.9 Å². The Hall–Kier alpha value is -2.34. The molecule has 136 valence electrons. The largest absolute Gasteiger partial charge is 0.471 e. The highest BCUT2D eigenvalue weighted by atomic mass is 35.5. The Morgan fingerprint density at radius 1 is 1.12 bits per heavy atom. The molecule has 0 saturated carbocycles. The second kappa shape index (κ2) is 7.50. The van der Waals surface area contributed by atoms with Gasteiger partial charge in [-0.05, 0) is 53.8 Å². The number of nitrogens with zero attached hydrogens (tertiary/aromatic N) is 2. The molecule has 2 heterocycles. The molecule has 0 spiro atoms. The van der Waals surface area contributed by atoms with E-state index in [2.05, 4.69) is 4.98 Å². The van der Waals surface area contributed by atoms with Crippen LogP contribution in [0.4, 0.5) is 13.2 Å². The van der Waals surface area contributed by atoms with Gasteiger partial charge in [-0.15, -0.1) is 0 Å². The molecular formula is C19H16ClF3N2O. The van der Waals surface area contributed by atoms with E-state index in [0.29, 0.717) is 17.9 Å². The molecule has 0 saturated heterocycles. The molecule has 3 rings (SSSR count). The van der Waals surface area contributed by atoms with Crippen molar-refractivity contribution in [1.82, 2.24) is 9.88 Å². The molecule has 2 aromatic rings. The Morgan fingerprint density at radius 2 is 1.88 bits per heavy atom. The molecule has 1 aliphatic rings. The Bertz CT molecular complexity index is 835. The molecule has 1 aromatic heterocycles. The van der Waals surface area contributed by atoms with Crippen LogP contribution in [0.15, 0.2) is 36.5 Å². The number of carbonyl (C=O) groups excluding carboxylic acids is 1. The van der Waals surface area contributed by atoms with Gasteiger partial charge in [-0.2, -0.15) is 13.2 Å². The van der Waals surface area contributed by atoms with E-state index < -0.39 is 12.1 Å². The van der Waals surface area contributed by atoms with Crippen molar-refractivity contribution in [2.75, 3.05) is 13.1 Å². The van der Waals surface area contributed by atoms with Crippen LogP contribution in [-0.4, -0.2) is 35.1 Å². The lowest BCUT2D eigenvalue weighted by molar-refractivity contribution is -0.185. The molecule has 0 N–H and O–H groups in total. The molecular weight excluding hydrogens is 365 g/mol. The predicted molar refractivity (Wildman–Crippen MR) is 94.7 cm³/mol. The normalized spacial score (nSPS) is 15.0. The van der Waals surface area contributed by atoms with Gasteiger partial charge in [-0.1, -0.05) is 29.8 Å². The molecule has 0 radical (unpaired) electrons. The summed E-state index contributed by atoms with van der Waals surface area (Å²) in [6.07, 6.45) is 1.14. The molecule has 0 aliphatic carbocycles. The Labute approximate surface area is 154 Å². The van der Waals surface area contributed by atoms with E-state index in [0.717, 1.165) is 27.3 Å². The lowest BCUT2D eigenvalue weighted by atomic mass is 9.96. The Balaban J connectivity index is 1.88. The molecule has 3 nitrogen and oxygen atoms in total. The van der Waals surface area contributed by atoms with E-state index in [1.54, 1.807) is 12.3 Å². The maximum absolute atomic E-state index is 12.7. The second-order valence-electron chi connectivity index (χ2n) is 5.98. The monoisotopic (exact) mass is 380 g/mol. The number of fused-ring (bicyclic) bond motifs is 1. The first-order chi connectivity index (χ1) is 12.4. The van der Waals surface area contributed by atoms with Gasteiger partial charge in [0, 0.05) is 24.3 Å². The lowest BCUT2D eigenvalue weighted by Gasteiger charge is -2.21. The number of amides is 1. The number of alkyl halides is 3. The zero-order chi connectivity index (χ0) is 18.7. The van der Waals surface area contributed by atoms with Gasteiger partial charge in [0.15, 0.2) is 0 Å². The Kier molecular flexibility index (Phi) is 5.32. The first-order valence-corrected chi connectivity index (χ1v) is 8.49. The molecule has 7 heteroatoms. The van der Waals surface area contributed by atoms with Gasteiger partial charge in [0.1, 0.15) is 0 Å². The molecule has 0 unspecified atom stereocenters. The molecule has 0 bridgehead atoms. The molecule has 1 aromatic carbocycles. The van der Waals surface area contributed by atoms with Crippen LogP contribution in [0.25, 0.3) is 12.2 Å². The number of pyridine rings is 1. The van der Waals surface area contributed by atoms with Gasteiger partial charge in [0.25, 0.3) is 0 Å². The topological polar surface area (TPSA) is 33.2 Å². The number of benzene rings is 1. The van der Waals surface area contributed by atoms with Crippen LogP contribution in [0.5, 0.6) is 0 Å². The maximum atomic E-state index is 12.7. The maximum Gasteiger partial charge on any atom is 0.471 e. The van der Waals surface area contributed by atoms with Crippen molar-refractivity contribution < 1.29 is 18.0 Å². The summed E-state index contributed by atoms with van der Waals surface area (Å²) in [7, 11) is 0. The summed E-state index contributed by atoms with van der Waals surface area (Å²) in [5.41, 5.74) is 3.30. The van der Waals surface area contributed by atoms with Crippen molar-refractivity contribution in [3.63, 3.8) is 0 Å². The van der Waals surface area contributed by atoms with Crippen molar-refractivity contribution in [2.45, 2.75) is 19.0 Å². The van der Waals surface area contributed by atoms with Crippen molar-refractivity contribution in [2.24, 2.45) is 0 Å². The minimum atomic E-state index is -4.85. The highest BCUT2D eigenvalue weighted by molar-refractivity contribution is 6.32. The summed E-state index contributed by atoms with van der Waals surface area (Å²) < 4.78 is 38.1. The zero-order valence-corrected chi connectivity index (χ0v) is 14.5. The fourth-order valence-corrected chi connectivity index (χ4v) is 3.27. The average Bonchev–Trinajstić information content (AvgIpc) is 2.83. The Morgan fingerprint density at radius 3 is 2.58 bits per heavy atom. The summed E-state index contributed by atoms with van der Waals surface area (Å²) in [5.74, 6) is -1.79. The van der Waals surface area contributed by atoms with Crippen LogP contribution in [0.3, 0.4) is 0 Å². The van der Waals surface area contributed by atoms with Crippen LogP contribution in [0.1, 0.15) is 22.4 Å². The van der Waals surface area contributed by atoms with Crippen LogP contribution >= 0.6 is 11.6 Å². The quantitative estimate of drug-likeness (QED) is 0.774. The molecule has 1 amide bonds. The third-order valence-electron chi connectivity index (χ3n) is 4.32. The van der Waals surface area contributed by atoms with Crippen molar-refractivity contribution in [1.29, 1.82) is 0 Å². The van der Waals surface area contributed by atoms with Crippen LogP contribution in [-0.2, 0) is 17.6 Å². The summed E-state index contributed by atoms with van der Waals surface area (Å²) in [5, 5.41) is 0.520. The minimum Gasteiger partial charge on any atom is -0.334 e. The van der Waals surface area contributed by atoms with Crippen LogP contribution in [0.2, 0.25) is 5.02 Å². The highest BCUT2D eigenvalue weighted by Crippen LogP contribution is 2.29. The number of rotatable bonds is 2. The number of hydrogen-bond acceptors (Lipinski definition) is 2. The molecule has 0 fully saturated rings. The third-order valence-corrected chi connectivity index (χ3v) is 4.65. The standard InChI is InChI=1S/C19H16ClF3N2O/c20-17-7-4-13-8-11-25(18(26)19(21,22)23)12-9-15(13)16(17)6-5-14-3-1-2-10-24-14/h1-7,10H,8-9,11-12H2/b6-5+. The van der Waals surface area contributed by atoms with Crippen LogP contribution < -0.4 is 0 Å². The number of halogens is 4. The van der Waals surface area contributed by atoms with Crippen molar-refractivity contribution >= 4 is 29.7 Å². The van der Waals surface area contributed by atoms with Gasteiger partial charge in [0.05, 0.1) is 5.69 Å². The average molecular weight is 381 g/mol. The lowest BCUT2D eigenvalue weighted by Crippen LogP contribution is -2.42. The van der Waals surface area contributed by atoms with E-state index in [-0.39, 0.29) is 13.1 Å². The molecule has 1 aliphatic heterocycles. The minimum absolute atomic E-state index is 0.0100.